The quantitative estimate of drug-likeness (QED) is 0.486. The van der Waals surface area contributed by atoms with E-state index in [9.17, 15) is 8.78 Å². The first-order chi connectivity index (χ1) is 9.15. The molecule has 0 radical (unpaired) electrons. The average Bonchev–Trinajstić information content (AvgIpc) is 2.38. The SMILES string of the molecule is I.NC(=NCCc1cc(F)cc(F)c1)N1CCCCC1. The maximum Gasteiger partial charge on any atom is 0.191 e. The van der Waals surface area contributed by atoms with Crippen LogP contribution in [-0.4, -0.2) is 30.5 Å². The number of likely N-dealkylation sites (tertiary alicyclic amines) is 1. The standard InChI is InChI=1S/C14H19F2N3.HI/c15-12-8-11(9-13(16)10-12)4-5-18-14(17)19-6-2-1-3-7-19;/h8-10H,1-7H2,(H2,17,18);1H. The zero-order chi connectivity index (χ0) is 13.7. The number of nitrogens with zero attached hydrogens (tertiary/aromatic N) is 2. The topological polar surface area (TPSA) is 41.6 Å². The fourth-order valence-corrected chi connectivity index (χ4v) is 2.28. The third kappa shape index (κ3) is 5.22. The summed E-state index contributed by atoms with van der Waals surface area (Å²) in [6.07, 6.45) is 4.02. The molecule has 1 aliphatic rings. The second-order valence-electron chi connectivity index (χ2n) is 4.82. The molecule has 1 heterocycles. The molecule has 0 aromatic heterocycles. The van der Waals surface area contributed by atoms with Gasteiger partial charge in [0.1, 0.15) is 11.6 Å². The Kier molecular flexibility index (Phi) is 7.18. The predicted molar refractivity (Wildman–Crippen MR) is 87.4 cm³/mol. The highest BCUT2D eigenvalue weighted by Crippen LogP contribution is 2.10. The van der Waals surface area contributed by atoms with E-state index in [0.29, 0.717) is 24.5 Å². The van der Waals surface area contributed by atoms with Crippen molar-refractivity contribution in [1.82, 2.24) is 4.90 Å². The molecule has 0 spiro atoms. The lowest BCUT2D eigenvalue weighted by molar-refractivity contribution is 0.338. The van der Waals surface area contributed by atoms with E-state index in [1.165, 1.54) is 18.6 Å². The minimum atomic E-state index is -0.553. The molecule has 2 N–H and O–H groups in total. The highest BCUT2D eigenvalue weighted by molar-refractivity contribution is 14.0. The Morgan fingerprint density at radius 3 is 2.30 bits per heavy atom. The number of piperidine rings is 1. The number of rotatable bonds is 3. The summed E-state index contributed by atoms with van der Waals surface area (Å²) in [5.74, 6) is -0.567. The fourth-order valence-electron chi connectivity index (χ4n) is 2.28. The van der Waals surface area contributed by atoms with Crippen molar-refractivity contribution in [2.24, 2.45) is 10.7 Å². The van der Waals surface area contributed by atoms with Gasteiger partial charge in [-0.15, -0.1) is 24.0 Å². The van der Waals surface area contributed by atoms with Gasteiger partial charge in [0.15, 0.2) is 5.96 Å². The molecular formula is C14H20F2IN3. The first-order valence-electron chi connectivity index (χ1n) is 6.65. The van der Waals surface area contributed by atoms with Crippen LogP contribution in [-0.2, 0) is 6.42 Å². The van der Waals surface area contributed by atoms with Gasteiger partial charge in [0.25, 0.3) is 0 Å². The van der Waals surface area contributed by atoms with Crippen LogP contribution in [0.2, 0.25) is 0 Å². The first kappa shape index (κ1) is 17.1. The second kappa shape index (κ2) is 8.39. The van der Waals surface area contributed by atoms with Gasteiger partial charge in [-0.05, 0) is 43.4 Å². The zero-order valence-corrected chi connectivity index (χ0v) is 13.6. The van der Waals surface area contributed by atoms with Crippen molar-refractivity contribution < 1.29 is 8.78 Å². The molecule has 20 heavy (non-hydrogen) atoms. The number of aliphatic imine (C=N–C) groups is 1. The molecule has 2 rings (SSSR count). The van der Waals surface area contributed by atoms with Crippen molar-refractivity contribution >= 4 is 29.9 Å². The van der Waals surface area contributed by atoms with Crippen molar-refractivity contribution in [1.29, 1.82) is 0 Å². The van der Waals surface area contributed by atoms with E-state index in [1.54, 1.807) is 0 Å². The molecule has 112 valence electrons. The van der Waals surface area contributed by atoms with Crippen molar-refractivity contribution in [3.8, 4) is 0 Å². The monoisotopic (exact) mass is 395 g/mol. The number of hydrogen-bond donors (Lipinski definition) is 1. The van der Waals surface area contributed by atoms with Gasteiger partial charge in [0.2, 0.25) is 0 Å². The van der Waals surface area contributed by atoms with Crippen LogP contribution in [0.4, 0.5) is 8.78 Å². The predicted octanol–water partition coefficient (Wildman–Crippen LogP) is 2.93. The lowest BCUT2D eigenvalue weighted by atomic mass is 10.1. The van der Waals surface area contributed by atoms with Crippen LogP contribution in [0.5, 0.6) is 0 Å². The molecule has 3 nitrogen and oxygen atoms in total. The van der Waals surface area contributed by atoms with E-state index in [4.69, 9.17) is 5.73 Å². The van der Waals surface area contributed by atoms with Gasteiger partial charge in [0.05, 0.1) is 0 Å². The fraction of sp³-hybridized carbons (Fsp3) is 0.500. The van der Waals surface area contributed by atoms with E-state index in [0.717, 1.165) is 32.0 Å². The zero-order valence-electron chi connectivity index (χ0n) is 11.3. The number of nitrogens with two attached hydrogens (primary N) is 1. The Labute approximate surface area is 135 Å². The molecule has 0 amide bonds. The maximum absolute atomic E-state index is 13.0. The van der Waals surface area contributed by atoms with E-state index in [-0.39, 0.29) is 24.0 Å². The van der Waals surface area contributed by atoms with Gasteiger partial charge in [0, 0.05) is 25.7 Å². The molecule has 1 aromatic rings. The molecule has 1 aromatic carbocycles. The van der Waals surface area contributed by atoms with Crippen molar-refractivity contribution in [3.63, 3.8) is 0 Å². The summed E-state index contributed by atoms with van der Waals surface area (Å²) in [4.78, 5) is 6.34. The van der Waals surface area contributed by atoms with Gasteiger partial charge in [-0.1, -0.05) is 0 Å². The highest BCUT2D eigenvalue weighted by Gasteiger charge is 2.11. The van der Waals surface area contributed by atoms with Crippen molar-refractivity contribution in [2.75, 3.05) is 19.6 Å². The maximum atomic E-state index is 13.0. The number of hydrogen-bond acceptors (Lipinski definition) is 1. The third-order valence-corrected chi connectivity index (χ3v) is 3.28. The summed E-state index contributed by atoms with van der Waals surface area (Å²) in [6, 6.07) is 3.53. The molecule has 1 fully saturated rings. The molecule has 0 bridgehead atoms. The Morgan fingerprint density at radius 2 is 1.70 bits per heavy atom. The summed E-state index contributed by atoms with van der Waals surface area (Å²) in [5, 5.41) is 0. The highest BCUT2D eigenvalue weighted by atomic mass is 127. The molecule has 0 unspecified atom stereocenters. The van der Waals surface area contributed by atoms with Crippen LogP contribution >= 0.6 is 24.0 Å². The van der Waals surface area contributed by atoms with E-state index in [1.807, 2.05) is 0 Å². The van der Waals surface area contributed by atoms with Gasteiger partial charge < -0.3 is 10.6 Å². The number of halogens is 3. The van der Waals surface area contributed by atoms with Crippen LogP contribution < -0.4 is 5.73 Å². The molecule has 0 atom stereocenters. The second-order valence-corrected chi connectivity index (χ2v) is 4.82. The average molecular weight is 395 g/mol. The Morgan fingerprint density at radius 1 is 1.10 bits per heavy atom. The Balaban J connectivity index is 0.00000200. The van der Waals surface area contributed by atoms with Crippen LogP contribution in [0.15, 0.2) is 23.2 Å². The van der Waals surface area contributed by atoms with Crippen molar-refractivity contribution in [2.45, 2.75) is 25.7 Å². The van der Waals surface area contributed by atoms with Gasteiger partial charge >= 0.3 is 0 Å². The Hall–Kier alpha value is -0.920. The summed E-state index contributed by atoms with van der Waals surface area (Å²) >= 11 is 0. The lowest BCUT2D eigenvalue weighted by Gasteiger charge is -2.27. The molecule has 0 aliphatic carbocycles. The molecule has 1 aliphatic heterocycles. The van der Waals surface area contributed by atoms with Crippen LogP contribution in [0.1, 0.15) is 24.8 Å². The smallest absolute Gasteiger partial charge is 0.191 e. The van der Waals surface area contributed by atoms with E-state index in [2.05, 4.69) is 9.89 Å². The van der Waals surface area contributed by atoms with E-state index < -0.39 is 11.6 Å². The van der Waals surface area contributed by atoms with Crippen molar-refractivity contribution in [3.05, 3.63) is 35.4 Å². The number of benzene rings is 1. The number of guanidine groups is 1. The Bertz CT molecular complexity index is 439. The summed E-state index contributed by atoms with van der Waals surface area (Å²) in [6.45, 7) is 2.35. The van der Waals surface area contributed by atoms with Gasteiger partial charge in [-0.3, -0.25) is 4.99 Å². The minimum Gasteiger partial charge on any atom is -0.370 e. The minimum absolute atomic E-state index is 0. The molecule has 1 saturated heterocycles. The molecule has 0 saturated carbocycles. The normalized spacial score (nSPS) is 15.9. The summed E-state index contributed by atoms with van der Waals surface area (Å²) in [5.41, 5.74) is 6.50. The molecule has 6 heteroatoms. The van der Waals surface area contributed by atoms with Crippen LogP contribution in [0.25, 0.3) is 0 Å². The van der Waals surface area contributed by atoms with E-state index >= 15 is 0 Å². The van der Waals surface area contributed by atoms with Gasteiger partial charge in [-0.2, -0.15) is 0 Å². The summed E-state index contributed by atoms with van der Waals surface area (Å²) in [7, 11) is 0. The lowest BCUT2D eigenvalue weighted by Crippen LogP contribution is -2.41. The van der Waals surface area contributed by atoms with Crippen LogP contribution in [0, 0.1) is 11.6 Å². The largest absolute Gasteiger partial charge is 0.370 e. The van der Waals surface area contributed by atoms with Gasteiger partial charge in [-0.25, -0.2) is 8.78 Å². The van der Waals surface area contributed by atoms with Crippen LogP contribution in [0.3, 0.4) is 0 Å². The molecular weight excluding hydrogens is 375 g/mol. The third-order valence-electron chi connectivity index (χ3n) is 3.28. The first-order valence-corrected chi connectivity index (χ1v) is 6.65. The summed E-state index contributed by atoms with van der Waals surface area (Å²) < 4.78 is 26.0.